The number of hydrogen-bond donors (Lipinski definition) is 0. The molecule has 1 aliphatic heterocycles. The highest BCUT2D eigenvalue weighted by Gasteiger charge is 2.24. The van der Waals surface area contributed by atoms with Crippen molar-refractivity contribution in [3.63, 3.8) is 0 Å². The van der Waals surface area contributed by atoms with Gasteiger partial charge in [-0.05, 0) is 29.0 Å². The van der Waals surface area contributed by atoms with Crippen molar-refractivity contribution < 1.29 is 18.7 Å². The first-order chi connectivity index (χ1) is 17.5. The minimum atomic E-state index is -0.615. The average molecular weight is 484 g/mol. The van der Waals surface area contributed by atoms with Gasteiger partial charge in [0.2, 0.25) is 5.91 Å². The summed E-state index contributed by atoms with van der Waals surface area (Å²) in [5.41, 5.74) is 0.685. The molecular formula is C27H22FN5O3. The van der Waals surface area contributed by atoms with Gasteiger partial charge in [0, 0.05) is 44.0 Å². The maximum absolute atomic E-state index is 15.9. The normalized spacial score (nSPS) is 13.6. The van der Waals surface area contributed by atoms with Gasteiger partial charge in [-0.25, -0.2) is 19.2 Å². The Bertz CT molecular complexity index is 1530. The van der Waals surface area contributed by atoms with Crippen molar-refractivity contribution in [3.8, 4) is 17.0 Å². The number of aromatic nitrogens is 3. The lowest BCUT2D eigenvalue weighted by Gasteiger charge is -2.35. The third-order valence-corrected chi connectivity index (χ3v) is 6.14. The molecule has 9 heteroatoms. The van der Waals surface area contributed by atoms with Crippen LogP contribution in [0.15, 0.2) is 74.2 Å². The molecule has 3 heterocycles. The van der Waals surface area contributed by atoms with E-state index in [-0.39, 0.29) is 22.9 Å². The van der Waals surface area contributed by atoms with Gasteiger partial charge in [0.05, 0.1) is 5.39 Å². The number of hydrogen-bond acceptors (Lipinski definition) is 7. The van der Waals surface area contributed by atoms with Crippen molar-refractivity contribution in [1.82, 2.24) is 19.9 Å². The molecule has 0 unspecified atom stereocenters. The number of piperazine rings is 1. The number of carbonyl (C=O) groups excluding carboxylic acids is 2. The number of ether oxygens (including phenoxy) is 1. The van der Waals surface area contributed by atoms with Crippen molar-refractivity contribution in [2.24, 2.45) is 0 Å². The number of pyridine rings is 1. The summed E-state index contributed by atoms with van der Waals surface area (Å²) < 4.78 is 21.3. The lowest BCUT2D eigenvalue weighted by Crippen LogP contribution is -2.48. The Morgan fingerprint density at radius 2 is 1.75 bits per heavy atom. The van der Waals surface area contributed by atoms with Gasteiger partial charge in [-0.1, -0.05) is 37.4 Å². The molecule has 0 bridgehead atoms. The fourth-order valence-corrected chi connectivity index (χ4v) is 4.38. The molecule has 1 aliphatic rings. The zero-order valence-corrected chi connectivity index (χ0v) is 19.4. The van der Waals surface area contributed by atoms with Gasteiger partial charge in [-0.2, -0.15) is 0 Å². The monoisotopic (exact) mass is 483 g/mol. The predicted molar refractivity (Wildman–Crippen MR) is 135 cm³/mol. The third-order valence-electron chi connectivity index (χ3n) is 6.14. The molecule has 2 aromatic heterocycles. The van der Waals surface area contributed by atoms with Crippen molar-refractivity contribution in [2.75, 3.05) is 31.1 Å². The smallest absolute Gasteiger partial charge is 0.335 e. The number of halogens is 1. The summed E-state index contributed by atoms with van der Waals surface area (Å²) >= 11 is 0. The Balaban J connectivity index is 1.58. The summed E-state index contributed by atoms with van der Waals surface area (Å²) in [7, 11) is 0. The molecular weight excluding hydrogens is 461 g/mol. The van der Waals surface area contributed by atoms with Crippen molar-refractivity contribution >= 4 is 39.4 Å². The molecule has 0 atom stereocenters. The van der Waals surface area contributed by atoms with Gasteiger partial charge in [-0.3, -0.25) is 9.78 Å². The fourth-order valence-electron chi connectivity index (χ4n) is 4.38. The largest absolute Gasteiger partial charge is 0.423 e. The van der Waals surface area contributed by atoms with Crippen molar-refractivity contribution in [2.45, 2.75) is 0 Å². The van der Waals surface area contributed by atoms with Crippen LogP contribution in [-0.4, -0.2) is 57.9 Å². The van der Waals surface area contributed by atoms with Crippen molar-refractivity contribution in [1.29, 1.82) is 0 Å². The molecule has 2 aromatic carbocycles. The number of anilines is 1. The summed E-state index contributed by atoms with van der Waals surface area (Å²) in [5.74, 6) is -0.524. The second-order valence-electron chi connectivity index (χ2n) is 8.21. The number of esters is 1. The Hall–Kier alpha value is -4.66. The first-order valence-electron chi connectivity index (χ1n) is 11.3. The summed E-state index contributed by atoms with van der Waals surface area (Å²) in [6.07, 6.45) is 5.25. The zero-order valence-electron chi connectivity index (χ0n) is 19.4. The fraction of sp³-hybridized carbons (Fsp3) is 0.148. The van der Waals surface area contributed by atoms with Crippen molar-refractivity contribution in [3.05, 3.63) is 80.0 Å². The molecule has 0 N–H and O–H groups in total. The van der Waals surface area contributed by atoms with E-state index in [1.165, 1.54) is 12.4 Å². The summed E-state index contributed by atoms with van der Waals surface area (Å²) in [6, 6.07) is 10.7. The minimum Gasteiger partial charge on any atom is -0.423 e. The second-order valence-corrected chi connectivity index (χ2v) is 8.21. The maximum Gasteiger partial charge on any atom is 0.335 e. The van der Waals surface area contributed by atoms with Crippen LogP contribution < -0.4 is 9.64 Å². The van der Waals surface area contributed by atoms with E-state index in [4.69, 9.17) is 4.74 Å². The van der Waals surface area contributed by atoms with Gasteiger partial charge in [0.15, 0.2) is 5.82 Å². The van der Waals surface area contributed by atoms with Gasteiger partial charge >= 0.3 is 5.97 Å². The highest BCUT2D eigenvalue weighted by atomic mass is 19.1. The van der Waals surface area contributed by atoms with Crippen LogP contribution in [-0.2, 0) is 9.59 Å². The van der Waals surface area contributed by atoms with E-state index in [1.807, 2.05) is 29.2 Å². The average Bonchev–Trinajstić information content (AvgIpc) is 2.92. The molecule has 0 aliphatic carbocycles. The van der Waals surface area contributed by atoms with E-state index in [1.54, 1.807) is 23.2 Å². The van der Waals surface area contributed by atoms with Gasteiger partial charge < -0.3 is 14.5 Å². The van der Waals surface area contributed by atoms with E-state index in [0.29, 0.717) is 42.9 Å². The number of amides is 1. The van der Waals surface area contributed by atoms with Crippen LogP contribution in [0.5, 0.6) is 5.75 Å². The number of fused-ring (bicyclic) bond motifs is 2. The van der Waals surface area contributed by atoms with E-state index in [9.17, 15) is 9.59 Å². The van der Waals surface area contributed by atoms with Crippen LogP contribution in [0.2, 0.25) is 0 Å². The van der Waals surface area contributed by atoms with Crippen LogP contribution >= 0.6 is 0 Å². The number of benzene rings is 2. The Morgan fingerprint density at radius 3 is 2.50 bits per heavy atom. The summed E-state index contributed by atoms with van der Waals surface area (Å²) in [5, 5.41) is 1.98. The molecule has 4 aromatic rings. The van der Waals surface area contributed by atoms with E-state index in [0.717, 1.165) is 16.8 Å². The SMILES string of the molecule is C=CC(=O)Oc1cc(-c2ncc3c(N4CCN(C(=O)C=C)CC4)ncnc3c2F)c2ccccc2c1. The van der Waals surface area contributed by atoms with E-state index in [2.05, 4.69) is 28.1 Å². The molecule has 36 heavy (non-hydrogen) atoms. The molecule has 180 valence electrons. The topological polar surface area (TPSA) is 88.5 Å². The second kappa shape index (κ2) is 9.53. The van der Waals surface area contributed by atoms with Gasteiger partial charge in [-0.15, -0.1) is 0 Å². The minimum absolute atomic E-state index is 0.0845. The number of nitrogens with zero attached hydrogens (tertiary/aromatic N) is 5. The van der Waals surface area contributed by atoms with Crippen LogP contribution in [0.25, 0.3) is 32.9 Å². The Morgan fingerprint density at radius 1 is 0.972 bits per heavy atom. The lowest BCUT2D eigenvalue weighted by atomic mass is 10.00. The van der Waals surface area contributed by atoms with E-state index >= 15 is 4.39 Å². The molecule has 1 fully saturated rings. The predicted octanol–water partition coefficient (Wildman–Crippen LogP) is 3.91. The lowest BCUT2D eigenvalue weighted by molar-refractivity contribution is -0.129. The number of carbonyl (C=O) groups is 2. The quantitative estimate of drug-likeness (QED) is 0.242. The number of rotatable bonds is 5. The van der Waals surface area contributed by atoms with E-state index < -0.39 is 11.8 Å². The van der Waals surface area contributed by atoms with Crippen LogP contribution in [0.4, 0.5) is 10.2 Å². The van der Waals surface area contributed by atoms with Crippen LogP contribution in [0.3, 0.4) is 0 Å². The first-order valence-corrected chi connectivity index (χ1v) is 11.3. The highest BCUT2D eigenvalue weighted by Crippen LogP contribution is 2.36. The Kier molecular flexibility index (Phi) is 6.12. The Labute approximate surface area is 206 Å². The molecule has 0 saturated carbocycles. The first kappa shape index (κ1) is 23.1. The van der Waals surface area contributed by atoms with Crippen LogP contribution in [0, 0.1) is 5.82 Å². The summed E-state index contributed by atoms with van der Waals surface area (Å²) in [6.45, 7) is 9.05. The molecule has 5 rings (SSSR count). The third kappa shape index (κ3) is 4.15. The standard InChI is InChI=1S/C27H22FN5O3/c1-3-22(34)32-9-11-33(12-10-32)27-21-15-29-25(24(28)26(21)30-16-31-27)20-14-18(36-23(35)4-2)13-17-7-5-6-8-19(17)20/h3-8,13-16H,1-2,9-12H2. The maximum atomic E-state index is 15.9. The van der Waals surface area contributed by atoms with Gasteiger partial charge in [0.25, 0.3) is 0 Å². The molecule has 1 saturated heterocycles. The highest BCUT2D eigenvalue weighted by molar-refractivity contribution is 6.00. The zero-order chi connectivity index (χ0) is 25.2. The van der Waals surface area contributed by atoms with Crippen LogP contribution in [0.1, 0.15) is 0 Å². The molecule has 0 radical (unpaired) electrons. The molecule has 8 nitrogen and oxygen atoms in total. The summed E-state index contributed by atoms with van der Waals surface area (Å²) in [4.78, 5) is 40.5. The van der Waals surface area contributed by atoms with Gasteiger partial charge in [0.1, 0.15) is 29.1 Å². The molecule has 0 spiro atoms. The molecule has 1 amide bonds.